The Bertz CT molecular complexity index is 528. The predicted octanol–water partition coefficient (Wildman–Crippen LogP) is 3.87. The molecule has 2 rings (SSSR count). The van der Waals surface area contributed by atoms with Crippen LogP contribution in [0.5, 0.6) is 0 Å². The van der Waals surface area contributed by atoms with Crippen LogP contribution in [0.3, 0.4) is 0 Å². The molecule has 0 aliphatic rings. The molecule has 0 saturated carbocycles. The topological polar surface area (TPSA) is 20.2 Å². The van der Waals surface area contributed by atoms with Crippen molar-refractivity contribution in [3.05, 3.63) is 70.5 Å². The van der Waals surface area contributed by atoms with Gasteiger partial charge in [-0.15, -0.1) is 0 Å². The Morgan fingerprint density at radius 1 is 1.05 bits per heavy atom. The summed E-state index contributed by atoms with van der Waals surface area (Å²) in [5.74, 6) is -0.272. The van der Waals surface area contributed by atoms with Gasteiger partial charge in [-0.2, -0.15) is 0 Å². The van der Waals surface area contributed by atoms with Gasteiger partial charge in [0.05, 0.1) is 0 Å². The average molecular weight is 279 g/mol. The molecule has 0 aliphatic heterocycles. The van der Waals surface area contributed by atoms with Gasteiger partial charge in [0, 0.05) is 11.6 Å². The van der Waals surface area contributed by atoms with E-state index in [1.807, 2.05) is 30.3 Å². The first-order valence-electron chi connectivity index (χ1n) is 6.27. The number of aliphatic hydroxyl groups is 1. The number of halogens is 2. The normalized spacial score (nSPS) is 12.4. The van der Waals surface area contributed by atoms with Crippen LogP contribution in [0.15, 0.2) is 48.5 Å². The summed E-state index contributed by atoms with van der Waals surface area (Å²) in [6.07, 6.45) is 1.21. The monoisotopic (exact) mass is 278 g/mol. The third-order valence-electron chi connectivity index (χ3n) is 3.14. The van der Waals surface area contributed by atoms with Crippen molar-refractivity contribution in [2.24, 2.45) is 5.92 Å². The number of benzene rings is 2. The molecule has 2 aromatic rings. The lowest BCUT2D eigenvalue weighted by Crippen LogP contribution is -2.13. The summed E-state index contributed by atoms with van der Waals surface area (Å²) >= 11 is 5.87. The van der Waals surface area contributed by atoms with E-state index in [0.29, 0.717) is 17.0 Å². The molecule has 0 saturated heterocycles. The summed E-state index contributed by atoms with van der Waals surface area (Å²) in [6.45, 7) is 0.0286. The largest absolute Gasteiger partial charge is 0.396 e. The molecule has 1 nitrogen and oxygen atoms in total. The lowest BCUT2D eigenvalue weighted by atomic mass is 9.93. The SMILES string of the molecule is OCC(Cc1ccccc1)Cc1cc(Cl)ccc1F. The van der Waals surface area contributed by atoms with E-state index in [9.17, 15) is 9.50 Å². The molecule has 0 fully saturated rings. The average Bonchev–Trinajstić information content (AvgIpc) is 2.43. The van der Waals surface area contributed by atoms with Gasteiger partial charge in [-0.25, -0.2) is 4.39 Å². The van der Waals surface area contributed by atoms with E-state index in [1.54, 1.807) is 6.07 Å². The number of aliphatic hydroxyl groups excluding tert-OH is 1. The van der Waals surface area contributed by atoms with Gasteiger partial charge in [0.2, 0.25) is 0 Å². The second-order valence-corrected chi connectivity index (χ2v) is 5.11. The van der Waals surface area contributed by atoms with Gasteiger partial charge in [-0.3, -0.25) is 0 Å². The molecule has 0 amide bonds. The van der Waals surface area contributed by atoms with E-state index in [4.69, 9.17) is 11.6 Å². The van der Waals surface area contributed by atoms with Gasteiger partial charge in [-0.05, 0) is 48.1 Å². The van der Waals surface area contributed by atoms with Crippen molar-refractivity contribution >= 4 is 11.6 Å². The number of hydrogen-bond acceptors (Lipinski definition) is 1. The minimum Gasteiger partial charge on any atom is -0.396 e. The molecule has 0 heterocycles. The maximum Gasteiger partial charge on any atom is 0.126 e. The Morgan fingerprint density at radius 2 is 1.79 bits per heavy atom. The van der Waals surface area contributed by atoms with Crippen LogP contribution in [0.1, 0.15) is 11.1 Å². The molecule has 3 heteroatoms. The van der Waals surface area contributed by atoms with Crippen LogP contribution < -0.4 is 0 Å². The maximum absolute atomic E-state index is 13.7. The Balaban J connectivity index is 2.09. The van der Waals surface area contributed by atoms with E-state index in [2.05, 4.69) is 0 Å². The van der Waals surface area contributed by atoms with Crippen LogP contribution in [0.4, 0.5) is 4.39 Å². The van der Waals surface area contributed by atoms with E-state index >= 15 is 0 Å². The van der Waals surface area contributed by atoms with Crippen LogP contribution in [-0.2, 0) is 12.8 Å². The standard InChI is InChI=1S/C16H16ClFO/c17-15-6-7-16(18)14(10-15)9-13(11-19)8-12-4-2-1-3-5-12/h1-7,10,13,19H,8-9,11H2. The van der Waals surface area contributed by atoms with Crippen LogP contribution >= 0.6 is 11.6 Å². The molecule has 100 valence electrons. The minimum atomic E-state index is -0.268. The van der Waals surface area contributed by atoms with Crippen molar-refractivity contribution < 1.29 is 9.50 Å². The highest BCUT2D eigenvalue weighted by atomic mass is 35.5. The third kappa shape index (κ3) is 4.05. The smallest absolute Gasteiger partial charge is 0.126 e. The van der Waals surface area contributed by atoms with Gasteiger partial charge in [0.15, 0.2) is 0 Å². The Morgan fingerprint density at radius 3 is 2.47 bits per heavy atom. The summed E-state index contributed by atoms with van der Waals surface area (Å²) in [5, 5.41) is 9.97. The number of rotatable bonds is 5. The Hall–Kier alpha value is -1.38. The van der Waals surface area contributed by atoms with Crippen LogP contribution in [0.2, 0.25) is 5.02 Å². The molecule has 0 aromatic heterocycles. The first kappa shape index (κ1) is 14.0. The van der Waals surface area contributed by atoms with Gasteiger partial charge >= 0.3 is 0 Å². The first-order valence-corrected chi connectivity index (χ1v) is 6.65. The summed E-state index contributed by atoms with van der Waals surface area (Å²) in [4.78, 5) is 0. The highest BCUT2D eigenvalue weighted by molar-refractivity contribution is 6.30. The van der Waals surface area contributed by atoms with Gasteiger partial charge in [0.1, 0.15) is 5.82 Å². The fourth-order valence-electron chi connectivity index (χ4n) is 2.16. The van der Waals surface area contributed by atoms with Gasteiger partial charge in [0.25, 0.3) is 0 Å². The summed E-state index contributed by atoms with van der Waals surface area (Å²) in [7, 11) is 0. The predicted molar refractivity (Wildman–Crippen MR) is 75.8 cm³/mol. The minimum absolute atomic E-state index is 0.00429. The van der Waals surface area contributed by atoms with E-state index < -0.39 is 0 Å². The summed E-state index contributed by atoms with van der Waals surface area (Å²) in [5.41, 5.74) is 1.70. The van der Waals surface area contributed by atoms with E-state index in [1.165, 1.54) is 12.1 Å². The zero-order chi connectivity index (χ0) is 13.7. The highest BCUT2D eigenvalue weighted by Gasteiger charge is 2.13. The van der Waals surface area contributed by atoms with Crippen LogP contribution in [-0.4, -0.2) is 11.7 Å². The van der Waals surface area contributed by atoms with Gasteiger partial charge < -0.3 is 5.11 Å². The zero-order valence-corrected chi connectivity index (χ0v) is 11.3. The van der Waals surface area contributed by atoms with Crippen LogP contribution in [0.25, 0.3) is 0 Å². The van der Waals surface area contributed by atoms with Crippen molar-refractivity contribution in [2.75, 3.05) is 6.61 Å². The first-order chi connectivity index (χ1) is 9.19. The Kier molecular flexibility index (Phi) is 4.94. The lowest BCUT2D eigenvalue weighted by molar-refractivity contribution is 0.224. The molecule has 1 atom stereocenters. The summed E-state index contributed by atoms with van der Waals surface area (Å²) in [6, 6.07) is 14.4. The second-order valence-electron chi connectivity index (χ2n) is 4.68. The molecule has 2 aromatic carbocycles. The molecule has 19 heavy (non-hydrogen) atoms. The van der Waals surface area contributed by atoms with Crippen molar-refractivity contribution in [3.8, 4) is 0 Å². The maximum atomic E-state index is 13.7. The Labute approximate surface area is 117 Å². The fraction of sp³-hybridized carbons (Fsp3) is 0.250. The van der Waals surface area contributed by atoms with Gasteiger partial charge in [-0.1, -0.05) is 41.9 Å². The zero-order valence-electron chi connectivity index (χ0n) is 10.5. The number of hydrogen-bond donors (Lipinski definition) is 1. The van der Waals surface area contributed by atoms with Crippen molar-refractivity contribution in [1.82, 2.24) is 0 Å². The molecule has 0 aliphatic carbocycles. The van der Waals surface area contributed by atoms with E-state index in [-0.39, 0.29) is 18.3 Å². The summed E-state index contributed by atoms with van der Waals surface area (Å²) < 4.78 is 13.7. The molecule has 0 spiro atoms. The molecule has 0 radical (unpaired) electrons. The quantitative estimate of drug-likeness (QED) is 0.880. The molecule has 1 N–H and O–H groups in total. The van der Waals surface area contributed by atoms with Crippen molar-refractivity contribution in [1.29, 1.82) is 0 Å². The van der Waals surface area contributed by atoms with E-state index in [0.717, 1.165) is 12.0 Å². The second kappa shape index (κ2) is 6.69. The molecule has 0 bridgehead atoms. The fourth-order valence-corrected chi connectivity index (χ4v) is 2.35. The third-order valence-corrected chi connectivity index (χ3v) is 3.38. The molecular weight excluding hydrogens is 263 g/mol. The van der Waals surface area contributed by atoms with Crippen molar-refractivity contribution in [3.63, 3.8) is 0 Å². The molecular formula is C16H16ClFO. The molecule has 1 unspecified atom stereocenters. The lowest BCUT2D eigenvalue weighted by Gasteiger charge is -2.15. The van der Waals surface area contributed by atoms with Crippen molar-refractivity contribution in [2.45, 2.75) is 12.8 Å². The van der Waals surface area contributed by atoms with Crippen LogP contribution in [0, 0.1) is 11.7 Å². The highest BCUT2D eigenvalue weighted by Crippen LogP contribution is 2.20.